The van der Waals surface area contributed by atoms with Crippen LogP contribution in [-0.4, -0.2) is 24.8 Å². The number of allylic oxidation sites excluding steroid dienone is 1. The van der Waals surface area contributed by atoms with Gasteiger partial charge in [0.25, 0.3) is 0 Å². The zero-order chi connectivity index (χ0) is 14.6. The fraction of sp³-hybridized carbons (Fsp3) is 0.529. The van der Waals surface area contributed by atoms with Crippen LogP contribution in [0.3, 0.4) is 0 Å². The molecule has 0 radical (unpaired) electrons. The molecule has 0 amide bonds. The average Bonchev–Trinajstić information content (AvgIpc) is 2.44. The molecule has 0 saturated heterocycles. The van der Waals surface area contributed by atoms with E-state index in [-0.39, 0.29) is 11.5 Å². The Morgan fingerprint density at radius 3 is 2.95 bits per heavy atom. The molecule has 0 bridgehead atoms. The molecule has 1 saturated carbocycles. The van der Waals surface area contributed by atoms with Gasteiger partial charge in [-0.1, -0.05) is 42.7 Å². The van der Waals surface area contributed by atoms with Gasteiger partial charge in [0.2, 0.25) is 0 Å². The lowest BCUT2D eigenvalue weighted by Crippen LogP contribution is -2.48. The first-order valence-corrected chi connectivity index (χ1v) is 7.74. The van der Waals surface area contributed by atoms with Gasteiger partial charge in [-0.05, 0) is 43.5 Å². The largest absolute Gasteiger partial charge is 0.392 e. The minimum absolute atomic E-state index is 0.187. The molecule has 2 atom stereocenters. The average molecular weight is 294 g/mol. The number of aliphatic hydroxyl groups is 1. The molecule has 1 aromatic carbocycles. The van der Waals surface area contributed by atoms with Gasteiger partial charge in [-0.2, -0.15) is 0 Å². The van der Waals surface area contributed by atoms with Gasteiger partial charge >= 0.3 is 0 Å². The van der Waals surface area contributed by atoms with Crippen LogP contribution < -0.4 is 5.32 Å². The molecule has 110 valence electrons. The summed E-state index contributed by atoms with van der Waals surface area (Å²) < 4.78 is 0. The standard InChI is InChI=1S/C17H24ClNO/c1-3-6-13-11-14(8-9-15(13)18)17(12-19-2)10-5-4-7-16(17)20/h3,8-9,11,16,19-20H,1,4-7,10,12H2,2H3/t16-,17-/m1/s1. The molecule has 3 heteroatoms. The van der Waals surface area contributed by atoms with Gasteiger partial charge in [-0.15, -0.1) is 6.58 Å². The van der Waals surface area contributed by atoms with Gasteiger partial charge in [-0.3, -0.25) is 0 Å². The number of hydrogen-bond donors (Lipinski definition) is 2. The fourth-order valence-electron chi connectivity index (χ4n) is 3.38. The molecule has 0 aromatic heterocycles. The molecule has 1 fully saturated rings. The molecule has 1 aliphatic rings. The molecular weight excluding hydrogens is 270 g/mol. The molecular formula is C17H24ClNO. The minimum atomic E-state index is -0.290. The zero-order valence-electron chi connectivity index (χ0n) is 12.2. The maximum atomic E-state index is 10.6. The SMILES string of the molecule is C=CCc1cc([C@]2(CNC)CCCC[C@H]2O)ccc1Cl. The molecule has 0 heterocycles. The van der Waals surface area contributed by atoms with Crippen LogP contribution in [0.15, 0.2) is 30.9 Å². The first kappa shape index (κ1) is 15.6. The molecule has 0 aliphatic heterocycles. The van der Waals surface area contributed by atoms with Crippen molar-refractivity contribution in [1.82, 2.24) is 5.32 Å². The number of rotatable bonds is 5. The summed E-state index contributed by atoms with van der Waals surface area (Å²) in [6.07, 6.45) is 6.51. The predicted molar refractivity (Wildman–Crippen MR) is 85.4 cm³/mol. The van der Waals surface area contributed by atoms with E-state index in [2.05, 4.69) is 24.0 Å². The highest BCUT2D eigenvalue weighted by Crippen LogP contribution is 2.40. The summed E-state index contributed by atoms with van der Waals surface area (Å²) in [7, 11) is 1.95. The normalized spacial score (nSPS) is 26.4. The van der Waals surface area contributed by atoms with Crippen molar-refractivity contribution in [2.45, 2.75) is 43.6 Å². The van der Waals surface area contributed by atoms with Gasteiger partial charge < -0.3 is 10.4 Å². The second-order valence-corrected chi connectivity index (χ2v) is 6.15. The topological polar surface area (TPSA) is 32.3 Å². The van der Waals surface area contributed by atoms with Crippen LogP contribution in [0.2, 0.25) is 5.02 Å². The van der Waals surface area contributed by atoms with E-state index in [0.29, 0.717) is 0 Å². The molecule has 1 aliphatic carbocycles. The first-order valence-electron chi connectivity index (χ1n) is 7.36. The van der Waals surface area contributed by atoms with Crippen molar-refractivity contribution in [2.75, 3.05) is 13.6 Å². The van der Waals surface area contributed by atoms with E-state index in [1.807, 2.05) is 19.2 Å². The molecule has 2 nitrogen and oxygen atoms in total. The van der Waals surface area contributed by atoms with E-state index >= 15 is 0 Å². The minimum Gasteiger partial charge on any atom is -0.392 e. The quantitative estimate of drug-likeness (QED) is 0.815. The van der Waals surface area contributed by atoms with E-state index in [0.717, 1.165) is 49.2 Å². The first-order chi connectivity index (χ1) is 9.64. The number of halogens is 1. The number of nitrogens with one attached hydrogen (secondary N) is 1. The van der Waals surface area contributed by atoms with E-state index in [1.54, 1.807) is 0 Å². The predicted octanol–water partition coefficient (Wildman–Crippen LogP) is 3.46. The van der Waals surface area contributed by atoms with Crippen LogP contribution in [0, 0.1) is 0 Å². The van der Waals surface area contributed by atoms with E-state index in [4.69, 9.17) is 11.6 Å². The van der Waals surface area contributed by atoms with E-state index in [9.17, 15) is 5.11 Å². The third-order valence-electron chi connectivity index (χ3n) is 4.47. The third-order valence-corrected chi connectivity index (χ3v) is 4.83. The van der Waals surface area contributed by atoms with Gasteiger partial charge in [0.05, 0.1) is 6.10 Å². The maximum Gasteiger partial charge on any atom is 0.0649 e. The van der Waals surface area contributed by atoms with Crippen LogP contribution in [-0.2, 0) is 11.8 Å². The second-order valence-electron chi connectivity index (χ2n) is 5.75. The highest BCUT2D eigenvalue weighted by molar-refractivity contribution is 6.31. The molecule has 1 aromatic rings. The molecule has 20 heavy (non-hydrogen) atoms. The number of benzene rings is 1. The Bertz CT molecular complexity index is 470. The summed E-state index contributed by atoms with van der Waals surface area (Å²) in [6.45, 7) is 4.58. The van der Waals surface area contributed by atoms with Crippen LogP contribution in [0.25, 0.3) is 0 Å². The number of hydrogen-bond acceptors (Lipinski definition) is 2. The maximum absolute atomic E-state index is 10.6. The van der Waals surface area contributed by atoms with Crippen LogP contribution in [0.1, 0.15) is 36.8 Å². The second kappa shape index (κ2) is 6.75. The Balaban J connectivity index is 2.43. The van der Waals surface area contributed by atoms with Crippen molar-refractivity contribution in [2.24, 2.45) is 0 Å². The summed E-state index contributed by atoms with van der Waals surface area (Å²) in [5, 5.41) is 14.6. The number of likely N-dealkylation sites (N-methyl/N-ethyl adjacent to an activating group) is 1. The third kappa shape index (κ3) is 2.93. The highest BCUT2D eigenvalue weighted by atomic mass is 35.5. The zero-order valence-corrected chi connectivity index (χ0v) is 12.9. The monoisotopic (exact) mass is 293 g/mol. The lowest BCUT2D eigenvalue weighted by Gasteiger charge is -2.42. The van der Waals surface area contributed by atoms with E-state index < -0.39 is 0 Å². The smallest absolute Gasteiger partial charge is 0.0649 e. The van der Waals surface area contributed by atoms with Crippen molar-refractivity contribution < 1.29 is 5.11 Å². The summed E-state index contributed by atoms with van der Waals surface area (Å²) in [6, 6.07) is 6.17. The van der Waals surface area contributed by atoms with Gasteiger partial charge in [-0.25, -0.2) is 0 Å². The van der Waals surface area contributed by atoms with Crippen LogP contribution in [0.5, 0.6) is 0 Å². The van der Waals surface area contributed by atoms with Crippen molar-refractivity contribution in [3.05, 3.63) is 47.0 Å². The summed E-state index contributed by atoms with van der Waals surface area (Å²) in [4.78, 5) is 0. The van der Waals surface area contributed by atoms with Crippen molar-refractivity contribution in [3.63, 3.8) is 0 Å². The Kier molecular flexibility index (Phi) is 5.25. The fourth-order valence-corrected chi connectivity index (χ4v) is 3.57. The lowest BCUT2D eigenvalue weighted by molar-refractivity contribution is 0.0424. The number of aliphatic hydroxyl groups excluding tert-OH is 1. The van der Waals surface area contributed by atoms with Gasteiger partial charge in [0.1, 0.15) is 0 Å². The van der Waals surface area contributed by atoms with Crippen molar-refractivity contribution >= 4 is 11.6 Å². The van der Waals surface area contributed by atoms with E-state index in [1.165, 1.54) is 5.56 Å². The Labute approximate surface area is 126 Å². The van der Waals surface area contributed by atoms with Crippen LogP contribution in [0.4, 0.5) is 0 Å². The molecule has 0 spiro atoms. The van der Waals surface area contributed by atoms with Crippen LogP contribution >= 0.6 is 11.6 Å². The summed E-state index contributed by atoms with van der Waals surface area (Å²) in [5.74, 6) is 0. The Morgan fingerprint density at radius 2 is 2.30 bits per heavy atom. The molecule has 2 rings (SSSR count). The Hall–Kier alpha value is -0.830. The van der Waals surface area contributed by atoms with Crippen molar-refractivity contribution in [1.29, 1.82) is 0 Å². The highest BCUT2D eigenvalue weighted by Gasteiger charge is 2.41. The van der Waals surface area contributed by atoms with Crippen molar-refractivity contribution in [3.8, 4) is 0 Å². The lowest BCUT2D eigenvalue weighted by atomic mass is 9.67. The molecule has 2 N–H and O–H groups in total. The summed E-state index contributed by atoms with van der Waals surface area (Å²) in [5.41, 5.74) is 2.10. The Morgan fingerprint density at radius 1 is 1.50 bits per heavy atom. The van der Waals surface area contributed by atoms with Gasteiger partial charge in [0, 0.05) is 17.0 Å². The molecule has 0 unspecified atom stereocenters. The van der Waals surface area contributed by atoms with Gasteiger partial charge in [0.15, 0.2) is 0 Å². The summed E-state index contributed by atoms with van der Waals surface area (Å²) >= 11 is 6.25.